The minimum absolute atomic E-state index is 0.172. The second kappa shape index (κ2) is 36.1. The number of allylic oxidation sites excluding steroid dienone is 4. The Hall–Kier alpha value is -1.26. The van der Waals surface area contributed by atoms with Gasteiger partial charge in [-0.1, -0.05) is 154 Å². The molecule has 0 aromatic heterocycles. The zero-order chi connectivity index (χ0) is 37.0. The van der Waals surface area contributed by atoms with Crippen molar-refractivity contribution < 1.29 is 9.59 Å². The topological polar surface area (TPSA) is 40.6 Å². The third kappa shape index (κ3) is 27.4. The van der Waals surface area contributed by atoms with Crippen LogP contribution >= 0.6 is 0 Å². The van der Waals surface area contributed by atoms with Crippen LogP contribution in [0.5, 0.6) is 0 Å². The molecule has 0 spiro atoms. The van der Waals surface area contributed by atoms with E-state index in [9.17, 15) is 9.59 Å². The van der Waals surface area contributed by atoms with Crippen LogP contribution in [-0.4, -0.2) is 61.6 Å². The Bertz CT molecular complexity index is 763. The Balaban J connectivity index is 4.55. The highest BCUT2D eigenvalue weighted by molar-refractivity contribution is 6.11. The molecular formula is C46H88N2O2. The van der Waals surface area contributed by atoms with E-state index in [0.29, 0.717) is 19.3 Å². The fourth-order valence-corrected chi connectivity index (χ4v) is 7.27. The number of ketones is 2. The standard InChI is InChI=1S/C46H88N2O2/c1-7-9-11-13-15-17-19-21-23-25-27-29-31-33-36-40-44(49)46(48(5)6,42-38-35-39-43-47(3)4)45(50)41-37-34-32-30-28-26-24-22-20-18-16-14-12-10-8-2/h21-24H,7-20,25-43H2,1-6H3. The number of rotatable bonds is 39. The van der Waals surface area contributed by atoms with Crippen LogP contribution in [-0.2, 0) is 9.59 Å². The fraction of sp³-hybridized carbons (Fsp3) is 0.870. The maximum Gasteiger partial charge on any atom is 0.160 e. The lowest BCUT2D eigenvalue weighted by Gasteiger charge is -2.37. The van der Waals surface area contributed by atoms with Crippen molar-refractivity contribution in [2.45, 2.75) is 225 Å². The van der Waals surface area contributed by atoms with Gasteiger partial charge in [0.2, 0.25) is 0 Å². The molecule has 0 heterocycles. The molecular weight excluding hydrogens is 613 g/mol. The van der Waals surface area contributed by atoms with Gasteiger partial charge < -0.3 is 4.90 Å². The summed E-state index contributed by atoms with van der Waals surface area (Å²) >= 11 is 0. The zero-order valence-electron chi connectivity index (χ0n) is 34.9. The van der Waals surface area contributed by atoms with Crippen molar-refractivity contribution in [2.24, 2.45) is 0 Å². The van der Waals surface area contributed by atoms with Gasteiger partial charge in [-0.2, -0.15) is 0 Å². The van der Waals surface area contributed by atoms with Crippen LogP contribution in [0.15, 0.2) is 24.3 Å². The van der Waals surface area contributed by atoms with Crippen molar-refractivity contribution in [3.63, 3.8) is 0 Å². The highest BCUT2D eigenvalue weighted by atomic mass is 16.2. The van der Waals surface area contributed by atoms with E-state index in [-0.39, 0.29) is 11.6 Å². The van der Waals surface area contributed by atoms with Gasteiger partial charge in [-0.05, 0) is 112 Å². The molecule has 0 saturated carbocycles. The van der Waals surface area contributed by atoms with Crippen molar-refractivity contribution in [3.8, 4) is 0 Å². The first-order chi connectivity index (χ1) is 24.3. The molecule has 0 aromatic carbocycles. The minimum Gasteiger partial charge on any atom is -0.309 e. The van der Waals surface area contributed by atoms with Crippen molar-refractivity contribution >= 4 is 11.6 Å². The van der Waals surface area contributed by atoms with Crippen LogP contribution in [0.3, 0.4) is 0 Å². The number of unbranched alkanes of at least 4 members (excludes halogenated alkanes) is 24. The summed E-state index contributed by atoms with van der Waals surface area (Å²) in [4.78, 5) is 32.1. The average molecular weight is 701 g/mol. The summed E-state index contributed by atoms with van der Waals surface area (Å²) in [5, 5.41) is 0. The highest BCUT2D eigenvalue weighted by Gasteiger charge is 2.45. The van der Waals surface area contributed by atoms with Gasteiger partial charge in [-0.25, -0.2) is 0 Å². The fourth-order valence-electron chi connectivity index (χ4n) is 7.27. The number of nitrogens with zero attached hydrogens (tertiary/aromatic N) is 2. The van der Waals surface area contributed by atoms with Crippen molar-refractivity contribution in [3.05, 3.63) is 24.3 Å². The molecule has 0 amide bonds. The van der Waals surface area contributed by atoms with Gasteiger partial charge in [0.1, 0.15) is 5.54 Å². The van der Waals surface area contributed by atoms with Crippen LogP contribution < -0.4 is 0 Å². The number of likely N-dealkylation sites (N-methyl/N-ethyl adjacent to an activating group) is 1. The molecule has 4 heteroatoms. The van der Waals surface area contributed by atoms with E-state index in [1.807, 2.05) is 19.0 Å². The first kappa shape index (κ1) is 48.7. The molecule has 4 nitrogen and oxygen atoms in total. The zero-order valence-corrected chi connectivity index (χ0v) is 34.9. The number of carbonyl (C=O) groups excluding carboxylic acids is 2. The van der Waals surface area contributed by atoms with E-state index in [0.717, 1.165) is 51.5 Å². The van der Waals surface area contributed by atoms with Crippen LogP contribution in [0.4, 0.5) is 0 Å². The van der Waals surface area contributed by atoms with Gasteiger partial charge in [0.05, 0.1) is 0 Å². The lowest BCUT2D eigenvalue weighted by atomic mass is 9.78. The van der Waals surface area contributed by atoms with Gasteiger partial charge in [0.25, 0.3) is 0 Å². The molecule has 0 aromatic rings. The third-order valence-corrected chi connectivity index (χ3v) is 10.7. The highest BCUT2D eigenvalue weighted by Crippen LogP contribution is 2.29. The summed E-state index contributed by atoms with van der Waals surface area (Å²) in [5.41, 5.74) is -0.945. The second-order valence-corrected chi connectivity index (χ2v) is 15.9. The molecule has 0 saturated heterocycles. The largest absolute Gasteiger partial charge is 0.309 e. The summed E-state index contributed by atoms with van der Waals surface area (Å²) in [6.07, 6.45) is 46.9. The Morgan fingerprint density at radius 1 is 0.420 bits per heavy atom. The van der Waals surface area contributed by atoms with Crippen molar-refractivity contribution in [1.29, 1.82) is 0 Å². The summed E-state index contributed by atoms with van der Waals surface area (Å²) in [6.45, 7) is 5.61. The number of carbonyl (C=O) groups is 2. The Kier molecular flexibility index (Phi) is 35.2. The molecule has 0 bridgehead atoms. The van der Waals surface area contributed by atoms with Crippen LogP contribution in [0.25, 0.3) is 0 Å². The molecule has 0 N–H and O–H groups in total. The molecule has 0 aliphatic rings. The molecule has 0 rings (SSSR count). The number of hydrogen-bond acceptors (Lipinski definition) is 4. The maximum atomic E-state index is 13.9. The first-order valence-corrected chi connectivity index (χ1v) is 22.0. The van der Waals surface area contributed by atoms with Gasteiger partial charge in [-0.15, -0.1) is 0 Å². The maximum absolute atomic E-state index is 13.9. The van der Waals surface area contributed by atoms with Crippen LogP contribution in [0.2, 0.25) is 0 Å². The number of Topliss-reactive ketones (excluding diaryl/α,β-unsaturated/α-hetero) is 2. The smallest absolute Gasteiger partial charge is 0.160 e. The lowest BCUT2D eigenvalue weighted by molar-refractivity contribution is -0.143. The summed E-state index contributed by atoms with van der Waals surface area (Å²) in [5.74, 6) is 0.343. The predicted molar refractivity (Wildman–Crippen MR) is 222 cm³/mol. The summed E-state index contributed by atoms with van der Waals surface area (Å²) in [6, 6.07) is 0. The van der Waals surface area contributed by atoms with Gasteiger partial charge in [-0.3, -0.25) is 14.5 Å². The van der Waals surface area contributed by atoms with Crippen LogP contribution in [0.1, 0.15) is 219 Å². The van der Waals surface area contributed by atoms with Crippen molar-refractivity contribution in [1.82, 2.24) is 9.80 Å². The van der Waals surface area contributed by atoms with E-state index in [2.05, 4.69) is 57.1 Å². The van der Waals surface area contributed by atoms with Gasteiger partial charge in [0, 0.05) is 12.8 Å². The van der Waals surface area contributed by atoms with Crippen molar-refractivity contribution in [2.75, 3.05) is 34.7 Å². The van der Waals surface area contributed by atoms with E-state index in [1.54, 1.807) is 0 Å². The van der Waals surface area contributed by atoms with E-state index >= 15 is 0 Å². The molecule has 0 atom stereocenters. The second-order valence-electron chi connectivity index (χ2n) is 15.9. The van der Waals surface area contributed by atoms with Gasteiger partial charge in [0.15, 0.2) is 11.6 Å². The number of hydrogen-bond donors (Lipinski definition) is 0. The predicted octanol–water partition coefficient (Wildman–Crippen LogP) is 13.6. The Labute approximate surface area is 314 Å². The molecule has 0 fully saturated rings. The van der Waals surface area contributed by atoms with E-state index < -0.39 is 5.54 Å². The molecule has 0 aliphatic heterocycles. The molecule has 0 radical (unpaired) electrons. The monoisotopic (exact) mass is 701 g/mol. The third-order valence-electron chi connectivity index (χ3n) is 10.7. The molecule has 0 aliphatic carbocycles. The summed E-state index contributed by atoms with van der Waals surface area (Å²) in [7, 11) is 8.16. The molecule has 0 unspecified atom stereocenters. The lowest BCUT2D eigenvalue weighted by Crippen LogP contribution is -2.57. The van der Waals surface area contributed by atoms with Crippen LogP contribution in [0, 0.1) is 0 Å². The van der Waals surface area contributed by atoms with E-state index in [4.69, 9.17) is 0 Å². The normalized spacial score (nSPS) is 13.4. The molecule has 50 heavy (non-hydrogen) atoms. The average Bonchev–Trinajstić information content (AvgIpc) is 3.09. The first-order valence-electron chi connectivity index (χ1n) is 22.0. The minimum atomic E-state index is -0.945. The van der Waals surface area contributed by atoms with E-state index in [1.165, 1.54) is 141 Å². The summed E-state index contributed by atoms with van der Waals surface area (Å²) < 4.78 is 0. The quantitative estimate of drug-likeness (QED) is 0.0364. The SMILES string of the molecule is CCCCCCCCC=CCCCCCCCC(=O)C(CCCCCN(C)C)(C(=O)CCCCCCCC=CCCCCCCCC)N(C)C. The Morgan fingerprint density at radius 2 is 0.740 bits per heavy atom. The molecule has 294 valence electrons. The van der Waals surface area contributed by atoms with Gasteiger partial charge >= 0.3 is 0 Å². The Morgan fingerprint density at radius 3 is 1.08 bits per heavy atom.